The van der Waals surface area contributed by atoms with E-state index in [0.29, 0.717) is 19.6 Å². The van der Waals surface area contributed by atoms with Crippen LogP contribution in [-0.2, 0) is 9.53 Å². The van der Waals surface area contributed by atoms with Crippen LogP contribution < -0.4 is 0 Å². The minimum atomic E-state index is -4.42. The molecule has 1 aromatic carbocycles. The van der Waals surface area contributed by atoms with Crippen molar-refractivity contribution in [2.45, 2.75) is 12.2 Å². The zero-order valence-electron chi connectivity index (χ0n) is 12.3. The maximum absolute atomic E-state index is 12.2. The molecule has 1 aromatic rings. The highest BCUT2D eigenvalue weighted by atomic mass is 19.4. The lowest BCUT2D eigenvalue weighted by Crippen LogP contribution is -2.50. The molecule has 0 saturated carbocycles. The number of ether oxygens (including phenoxy) is 1. The first-order valence-corrected chi connectivity index (χ1v) is 7.04. The van der Waals surface area contributed by atoms with Gasteiger partial charge in [0.1, 0.15) is 13.2 Å². The zero-order valence-corrected chi connectivity index (χ0v) is 12.3. The van der Waals surface area contributed by atoms with Crippen molar-refractivity contribution in [1.82, 2.24) is 9.80 Å². The highest BCUT2D eigenvalue weighted by Gasteiger charge is 2.32. The Hall–Kier alpha value is -1.60. The van der Waals surface area contributed by atoms with E-state index in [1.165, 1.54) is 0 Å². The van der Waals surface area contributed by atoms with E-state index in [-0.39, 0.29) is 6.04 Å². The molecule has 122 valence electrons. The van der Waals surface area contributed by atoms with Gasteiger partial charge in [-0.1, -0.05) is 30.3 Å². The molecule has 22 heavy (non-hydrogen) atoms. The molecule has 1 atom stereocenters. The highest BCUT2D eigenvalue weighted by molar-refractivity contribution is 5.78. The maximum Gasteiger partial charge on any atom is 0.411 e. The molecule has 2 rings (SSSR count). The molecule has 1 aliphatic rings. The molecule has 0 N–H and O–H groups in total. The molecule has 1 aliphatic heterocycles. The van der Waals surface area contributed by atoms with E-state index < -0.39 is 25.3 Å². The smallest absolute Gasteiger partial charge is 0.362 e. The van der Waals surface area contributed by atoms with E-state index in [1.54, 1.807) is 4.90 Å². The number of alkyl halides is 3. The topological polar surface area (TPSA) is 32.8 Å². The lowest BCUT2D eigenvalue weighted by atomic mass is 10.0. The van der Waals surface area contributed by atoms with Crippen molar-refractivity contribution in [3.63, 3.8) is 0 Å². The van der Waals surface area contributed by atoms with Gasteiger partial charge in [0.2, 0.25) is 5.91 Å². The Morgan fingerprint density at radius 1 is 1.27 bits per heavy atom. The Labute approximate surface area is 127 Å². The summed E-state index contributed by atoms with van der Waals surface area (Å²) in [4.78, 5) is 15.9. The normalized spacial score (nSPS) is 20.2. The van der Waals surface area contributed by atoms with Gasteiger partial charge in [-0.2, -0.15) is 13.2 Å². The standard InChI is InChI=1S/C15H19F3N2O2/c1-19-7-8-20(14(21)10-22-11-15(16,17)18)13(9-19)12-5-3-2-4-6-12/h2-6,13H,7-11H2,1H3/t13-/m1/s1. The number of likely N-dealkylation sites (N-methyl/N-ethyl adjacent to an activating group) is 1. The summed E-state index contributed by atoms with van der Waals surface area (Å²) in [5, 5.41) is 0. The fourth-order valence-electron chi connectivity index (χ4n) is 2.52. The molecule has 0 bridgehead atoms. The third kappa shape index (κ3) is 4.71. The Kier molecular flexibility index (Phi) is 5.42. The van der Waals surface area contributed by atoms with Crippen molar-refractivity contribution >= 4 is 5.91 Å². The van der Waals surface area contributed by atoms with E-state index >= 15 is 0 Å². The first-order valence-electron chi connectivity index (χ1n) is 7.04. The van der Waals surface area contributed by atoms with Crippen LogP contribution in [-0.4, -0.2) is 61.8 Å². The molecule has 7 heteroatoms. The summed E-state index contributed by atoms with van der Waals surface area (Å²) in [7, 11) is 1.96. The molecule has 0 radical (unpaired) electrons. The SMILES string of the molecule is CN1CCN(C(=O)COCC(F)(F)F)[C@@H](c2ccccc2)C1. The van der Waals surface area contributed by atoms with Gasteiger partial charge in [0, 0.05) is 19.6 Å². The molecule has 4 nitrogen and oxygen atoms in total. The number of nitrogens with zero attached hydrogens (tertiary/aromatic N) is 2. The average Bonchev–Trinajstić information content (AvgIpc) is 2.46. The minimum Gasteiger partial charge on any atom is -0.362 e. The Morgan fingerprint density at radius 2 is 1.95 bits per heavy atom. The van der Waals surface area contributed by atoms with Crippen molar-refractivity contribution in [3.8, 4) is 0 Å². The van der Waals surface area contributed by atoms with Crippen LogP contribution in [0.1, 0.15) is 11.6 Å². The highest BCUT2D eigenvalue weighted by Crippen LogP contribution is 2.25. The number of hydrogen-bond donors (Lipinski definition) is 0. The van der Waals surface area contributed by atoms with Gasteiger partial charge in [0.25, 0.3) is 0 Å². The Morgan fingerprint density at radius 3 is 2.59 bits per heavy atom. The molecular weight excluding hydrogens is 297 g/mol. The summed E-state index contributed by atoms with van der Waals surface area (Å²) in [5.41, 5.74) is 0.971. The Balaban J connectivity index is 2.01. The van der Waals surface area contributed by atoms with Crippen LogP contribution in [0, 0.1) is 0 Å². The molecular formula is C15H19F3N2O2. The van der Waals surface area contributed by atoms with Gasteiger partial charge in [0.05, 0.1) is 6.04 Å². The first-order chi connectivity index (χ1) is 10.4. The summed E-state index contributed by atoms with van der Waals surface area (Å²) in [6, 6.07) is 9.32. The monoisotopic (exact) mass is 316 g/mol. The quantitative estimate of drug-likeness (QED) is 0.853. The van der Waals surface area contributed by atoms with E-state index in [9.17, 15) is 18.0 Å². The van der Waals surface area contributed by atoms with Gasteiger partial charge < -0.3 is 14.5 Å². The van der Waals surface area contributed by atoms with E-state index in [0.717, 1.165) is 5.56 Å². The molecule has 0 aromatic heterocycles. The van der Waals surface area contributed by atoms with Crippen LogP contribution in [0.3, 0.4) is 0 Å². The zero-order chi connectivity index (χ0) is 16.2. The predicted octanol–water partition coefficient (Wildman–Crippen LogP) is 2.08. The van der Waals surface area contributed by atoms with Crippen molar-refractivity contribution in [2.75, 3.05) is 39.9 Å². The number of hydrogen-bond acceptors (Lipinski definition) is 3. The predicted molar refractivity (Wildman–Crippen MR) is 75.3 cm³/mol. The van der Waals surface area contributed by atoms with Crippen LogP contribution >= 0.6 is 0 Å². The fourth-order valence-corrected chi connectivity index (χ4v) is 2.52. The number of benzene rings is 1. The van der Waals surface area contributed by atoms with Crippen LogP contribution in [0.25, 0.3) is 0 Å². The number of halogens is 3. The average molecular weight is 316 g/mol. The van der Waals surface area contributed by atoms with Gasteiger partial charge in [-0.3, -0.25) is 4.79 Å². The van der Waals surface area contributed by atoms with Gasteiger partial charge in [-0.05, 0) is 12.6 Å². The van der Waals surface area contributed by atoms with Crippen molar-refractivity contribution in [2.24, 2.45) is 0 Å². The van der Waals surface area contributed by atoms with Crippen LogP contribution in [0.5, 0.6) is 0 Å². The maximum atomic E-state index is 12.2. The number of amides is 1. The van der Waals surface area contributed by atoms with Gasteiger partial charge in [-0.25, -0.2) is 0 Å². The summed E-state index contributed by atoms with van der Waals surface area (Å²) in [6.45, 7) is -0.136. The lowest BCUT2D eigenvalue weighted by Gasteiger charge is -2.40. The van der Waals surface area contributed by atoms with E-state index in [4.69, 9.17) is 0 Å². The van der Waals surface area contributed by atoms with Crippen LogP contribution in [0.15, 0.2) is 30.3 Å². The van der Waals surface area contributed by atoms with Crippen LogP contribution in [0.2, 0.25) is 0 Å². The number of carbonyl (C=O) groups is 1. The van der Waals surface area contributed by atoms with Crippen molar-refractivity contribution in [1.29, 1.82) is 0 Å². The second kappa shape index (κ2) is 7.11. The molecule has 0 unspecified atom stereocenters. The molecule has 1 amide bonds. The molecule has 0 spiro atoms. The van der Waals surface area contributed by atoms with Crippen molar-refractivity contribution < 1.29 is 22.7 Å². The second-order valence-corrected chi connectivity index (χ2v) is 5.38. The fraction of sp³-hybridized carbons (Fsp3) is 0.533. The van der Waals surface area contributed by atoms with E-state index in [2.05, 4.69) is 9.64 Å². The molecule has 1 saturated heterocycles. The largest absolute Gasteiger partial charge is 0.411 e. The van der Waals surface area contributed by atoms with E-state index in [1.807, 2.05) is 37.4 Å². The third-order valence-corrected chi connectivity index (χ3v) is 3.58. The number of piperazine rings is 1. The minimum absolute atomic E-state index is 0.165. The van der Waals surface area contributed by atoms with Gasteiger partial charge in [-0.15, -0.1) is 0 Å². The number of carbonyl (C=O) groups excluding carboxylic acids is 1. The van der Waals surface area contributed by atoms with Gasteiger partial charge in [0.15, 0.2) is 0 Å². The summed E-state index contributed by atoms with van der Waals surface area (Å²) in [5.74, 6) is -0.411. The third-order valence-electron chi connectivity index (χ3n) is 3.58. The first kappa shape index (κ1) is 16.8. The van der Waals surface area contributed by atoms with Gasteiger partial charge >= 0.3 is 6.18 Å². The van der Waals surface area contributed by atoms with Crippen LogP contribution in [0.4, 0.5) is 13.2 Å². The summed E-state index contributed by atoms with van der Waals surface area (Å²) >= 11 is 0. The molecule has 1 fully saturated rings. The molecule has 0 aliphatic carbocycles. The summed E-state index contributed by atoms with van der Waals surface area (Å²) < 4.78 is 40.7. The lowest BCUT2D eigenvalue weighted by molar-refractivity contribution is -0.178. The van der Waals surface area contributed by atoms with Crippen molar-refractivity contribution in [3.05, 3.63) is 35.9 Å². The summed E-state index contributed by atoms with van der Waals surface area (Å²) in [6.07, 6.45) is -4.42. The number of rotatable bonds is 4. The molecule has 1 heterocycles. The Bertz CT molecular complexity index is 493. The second-order valence-electron chi connectivity index (χ2n) is 5.38.